The van der Waals surface area contributed by atoms with E-state index in [1.54, 1.807) is 6.92 Å². The third-order valence-corrected chi connectivity index (χ3v) is 2.92. The number of aromatic nitrogens is 2. The van der Waals surface area contributed by atoms with Crippen LogP contribution in [-0.4, -0.2) is 9.78 Å². The Labute approximate surface area is 113 Å². The van der Waals surface area contributed by atoms with Gasteiger partial charge in [0, 0.05) is 12.2 Å². The Bertz CT molecular complexity index is 629. The molecule has 3 nitrogen and oxygen atoms in total. The van der Waals surface area contributed by atoms with Crippen LogP contribution in [-0.2, 0) is 6.18 Å². The molecular formula is C13H13F4N3. The number of halogens is 4. The van der Waals surface area contributed by atoms with Crippen molar-refractivity contribution in [1.29, 1.82) is 0 Å². The van der Waals surface area contributed by atoms with Crippen molar-refractivity contribution in [2.75, 3.05) is 0 Å². The highest BCUT2D eigenvalue weighted by Gasteiger charge is 2.33. The number of aryl methyl sites for hydroxylation is 1. The topological polar surface area (TPSA) is 43.8 Å². The minimum Gasteiger partial charge on any atom is -0.324 e. The first-order valence-electron chi connectivity index (χ1n) is 5.89. The van der Waals surface area contributed by atoms with Gasteiger partial charge in [0.2, 0.25) is 0 Å². The molecule has 1 aromatic heterocycles. The molecule has 20 heavy (non-hydrogen) atoms. The smallest absolute Gasteiger partial charge is 0.324 e. The summed E-state index contributed by atoms with van der Waals surface area (Å²) in [7, 11) is 0. The predicted octanol–water partition coefficient (Wildman–Crippen LogP) is 3.36. The van der Waals surface area contributed by atoms with Crippen LogP contribution in [0.5, 0.6) is 0 Å². The molecule has 0 aliphatic heterocycles. The molecule has 0 fully saturated rings. The van der Waals surface area contributed by atoms with Crippen LogP contribution in [0.25, 0.3) is 5.69 Å². The number of nitrogens with zero attached hydrogens (tertiary/aromatic N) is 2. The van der Waals surface area contributed by atoms with Crippen molar-refractivity contribution in [1.82, 2.24) is 9.78 Å². The molecule has 108 valence electrons. The molecule has 0 bridgehead atoms. The Morgan fingerprint density at radius 2 is 1.95 bits per heavy atom. The fourth-order valence-electron chi connectivity index (χ4n) is 1.85. The van der Waals surface area contributed by atoms with Gasteiger partial charge in [0.15, 0.2) is 5.69 Å². The second-order valence-electron chi connectivity index (χ2n) is 4.59. The average molecular weight is 287 g/mol. The summed E-state index contributed by atoms with van der Waals surface area (Å²) in [5.74, 6) is -0.454. The summed E-state index contributed by atoms with van der Waals surface area (Å²) in [4.78, 5) is 0. The maximum Gasteiger partial charge on any atom is 0.435 e. The Morgan fingerprint density at radius 1 is 1.30 bits per heavy atom. The minimum atomic E-state index is -4.52. The van der Waals surface area contributed by atoms with Gasteiger partial charge in [-0.1, -0.05) is 0 Å². The monoisotopic (exact) mass is 287 g/mol. The quantitative estimate of drug-likeness (QED) is 0.861. The summed E-state index contributed by atoms with van der Waals surface area (Å²) < 4.78 is 52.3. The molecule has 1 aromatic carbocycles. The summed E-state index contributed by atoms with van der Waals surface area (Å²) >= 11 is 0. The molecule has 0 spiro atoms. The van der Waals surface area contributed by atoms with Gasteiger partial charge in [-0.2, -0.15) is 18.3 Å². The maximum absolute atomic E-state index is 13.6. The molecule has 0 aliphatic carbocycles. The van der Waals surface area contributed by atoms with Crippen LogP contribution in [0.4, 0.5) is 17.6 Å². The molecule has 2 N–H and O–H groups in total. The lowest BCUT2D eigenvalue weighted by molar-refractivity contribution is -0.141. The van der Waals surface area contributed by atoms with Gasteiger partial charge in [-0.25, -0.2) is 9.07 Å². The van der Waals surface area contributed by atoms with E-state index in [0.29, 0.717) is 16.8 Å². The average Bonchev–Trinajstić information content (AvgIpc) is 2.80. The Kier molecular flexibility index (Phi) is 3.56. The fraction of sp³-hybridized carbons (Fsp3) is 0.308. The van der Waals surface area contributed by atoms with Gasteiger partial charge in [-0.05, 0) is 43.2 Å². The largest absolute Gasteiger partial charge is 0.435 e. The molecule has 0 radical (unpaired) electrons. The first kappa shape index (κ1) is 14.5. The van der Waals surface area contributed by atoms with Crippen molar-refractivity contribution in [2.45, 2.75) is 26.1 Å². The molecule has 0 aliphatic rings. The molecule has 2 rings (SSSR count). The van der Waals surface area contributed by atoms with Gasteiger partial charge in [0.25, 0.3) is 0 Å². The minimum absolute atomic E-state index is 0.313. The summed E-state index contributed by atoms with van der Waals surface area (Å²) in [6, 6.07) is 2.99. The fourth-order valence-corrected chi connectivity index (χ4v) is 1.85. The van der Waals surface area contributed by atoms with E-state index >= 15 is 0 Å². The molecule has 0 unspecified atom stereocenters. The van der Waals surface area contributed by atoms with Crippen LogP contribution in [0.3, 0.4) is 0 Å². The molecule has 1 atom stereocenters. The third-order valence-electron chi connectivity index (χ3n) is 2.92. The molecule has 1 heterocycles. The van der Waals surface area contributed by atoms with E-state index in [9.17, 15) is 17.6 Å². The van der Waals surface area contributed by atoms with Crippen LogP contribution in [0, 0.1) is 12.7 Å². The third kappa shape index (κ3) is 2.67. The number of hydrogen-bond acceptors (Lipinski definition) is 2. The van der Waals surface area contributed by atoms with Gasteiger partial charge in [0.1, 0.15) is 5.82 Å². The summed E-state index contributed by atoms with van der Waals surface area (Å²) in [5.41, 5.74) is 5.78. The highest BCUT2D eigenvalue weighted by Crippen LogP contribution is 2.29. The van der Waals surface area contributed by atoms with E-state index in [1.807, 2.05) is 0 Å². The van der Waals surface area contributed by atoms with Crippen molar-refractivity contribution in [3.63, 3.8) is 0 Å². The van der Waals surface area contributed by atoms with Crippen LogP contribution < -0.4 is 5.73 Å². The van der Waals surface area contributed by atoms with Gasteiger partial charge in [0.05, 0.1) is 5.69 Å². The van der Waals surface area contributed by atoms with E-state index in [4.69, 9.17) is 5.73 Å². The Hall–Kier alpha value is -1.89. The number of nitrogens with two attached hydrogens (primary N) is 1. The van der Waals surface area contributed by atoms with Gasteiger partial charge < -0.3 is 5.73 Å². The number of alkyl halides is 3. The predicted molar refractivity (Wildman–Crippen MR) is 65.9 cm³/mol. The number of hydrogen-bond donors (Lipinski definition) is 1. The summed E-state index contributed by atoms with van der Waals surface area (Å²) in [6.45, 7) is 3.15. The zero-order valence-corrected chi connectivity index (χ0v) is 10.9. The Morgan fingerprint density at radius 3 is 2.45 bits per heavy atom. The van der Waals surface area contributed by atoms with Crippen LogP contribution in [0.15, 0.2) is 24.4 Å². The molecule has 2 aromatic rings. The standard InChI is InChI=1S/C13H13F4N3/c1-7-5-11(9(8(2)18)6-10(7)14)20-4-3-12(19-20)13(15,16)17/h3-6,8H,18H2,1-2H3/t8-/m1/s1. The van der Waals surface area contributed by atoms with Gasteiger partial charge in [-0.3, -0.25) is 0 Å². The normalized spacial score (nSPS) is 13.6. The van der Waals surface area contributed by atoms with Crippen molar-refractivity contribution in [3.8, 4) is 5.69 Å². The van der Waals surface area contributed by atoms with Gasteiger partial charge >= 0.3 is 6.18 Å². The van der Waals surface area contributed by atoms with Crippen molar-refractivity contribution in [2.24, 2.45) is 5.73 Å². The SMILES string of the molecule is Cc1cc(-n2ccc(C(F)(F)F)n2)c([C@@H](C)N)cc1F. The number of rotatable bonds is 2. The highest BCUT2D eigenvalue weighted by molar-refractivity contribution is 5.45. The molecular weight excluding hydrogens is 274 g/mol. The maximum atomic E-state index is 13.6. The van der Waals surface area contributed by atoms with Crippen LogP contribution in [0.2, 0.25) is 0 Å². The van der Waals surface area contributed by atoms with Crippen LogP contribution in [0.1, 0.15) is 29.8 Å². The van der Waals surface area contributed by atoms with E-state index in [2.05, 4.69) is 5.10 Å². The van der Waals surface area contributed by atoms with E-state index in [0.717, 1.165) is 10.7 Å². The lowest BCUT2D eigenvalue weighted by Gasteiger charge is -2.14. The van der Waals surface area contributed by atoms with E-state index < -0.39 is 23.7 Å². The van der Waals surface area contributed by atoms with Crippen molar-refractivity contribution >= 4 is 0 Å². The lowest BCUT2D eigenvalue weighted by Crippen LogP contribution is -2.13. The molecule has 0 saturated carbocycles. The molecule has 0 saturated heterocycles. The number of benzene rings is 1. The zero-order valence-electron chi connectivity index (χ0n) is 10.9. The highest BCUT2D eigenvalue weighted by atomic mass is 19.4. The van der Waals surface area contributed by atoms with E-state index in [-0.39, 0.29) is 0 Å². The second-order valence-corrected chi connectivity index (χ2v) is 4.59. The first-order valence-corrected chi connectivity index (χ1v) is 5.89. The summed E-state index contributed by atoms with van der Waals surface area (Å²) in [5, 5.41) is 3.48. The Balaban J connectivity index is 2.57. The van der Waals surface area contributed by atoms with E-state index in [1.165, 1.54) is 25.3 Å². The van der Waals surface area contributed by atoms with Crippen molar-refractivity contribution < 1.29 is 17.6 Å². The molecule has 0 amide bonds. The summed E-state index contributed by atoms with van der Waals surface area (Å²) in [6.07, 6.45) is -3.34. The first-order chi connectivity index (χ1) is 9.20. The molecule has 7 heteroatoms. The van der Waals surface area contributed by atoms with Crippen LogP contribution >= 0.6 is 0 Å². The second kappa shape index (κ2) is 4.90. The lowest BCUT2D eigenvalue weighted by atomic mass is 10.0. The zero-order chi connectivity index (χ0) is 15.1. The van der Waals surface area contributed by atoms with Gasteiger partial charge in [-0.15, -0.1) is 0 Å². The van der Waals surface area contributed by atoms with Crippen molar-refractivity contribution in [3.05, 3.63) is 47.0 Å².